The molecule has 0 spiro atoms. The van der Waals surface area contributed by atoms with Crippen molar-refractivity contribution < 1.29 is 14.7 Å². The molecule has 0 radical (unpaired) electrons. The Bertz CT molecular complexity index is 318. The maximum Gasteiger partial charge on any atom is 0.223 e. The van der Waals surface area contributed by atoms with E-state index in [1.54, 1.807) is 0 Å². The first-order valence-electron chi connectivity index (χ1n) is 7.13. The van der Waals surface area contributed by atoms with Crippen LogP contribution in [0.2, 0.25) is 0 Å². The topological polar surface area (TPSA) is 78.4 Å². The van der Waals surface area contributed by atoms with Crippen LogP contribution in [0.3, 0.4) is 0 Å². The molecule has 0 aromatic rings. The van der Waals surface area contributed by atoms with Gasteiger partial charge in [0, 0.05) is 31.5 Å². The van der Waals surface area contributed by atoms with Crippen molar-refractivity contribution in [2.45, 2.75) is 46.1 Å². The summed E-state index contributed by atoms with van der Waals surface area (Å²) in [5, 5.41) is 14.6. The van der Waals surface area contributed by atoms with E-state index in [1.807, 2.05) is 13.8 Å². The van der Waals surface area contributed by atoms with Crippen LogP contribution in [0.15, 0.2) is 0 Å². The quantitative estimate of drug-likeness (QED) is 0.606. The standard InChI is InChI=1S/C14H26N2O3/c1-9(2)12(5-7-17)16-13(18)4-6-15-14(19)11-8-10(11)3/h9-12,17H,4-8H2,1-3H3,(H,15,19)(H,16,18). The molecule has 110 valence electrons. The summed E-state index contributed by atoms with van der Waals surface area (Å²) in [6.45, 7) is 6.53. The molecule has 1 aliphatic carbocycles. The van der Waals surface area contributed by atoms with E-state index in [4.69, 9.17) is 5.11 Å². The second-order valence-electron chi connectivity index (χ2n) is 5.79. The molecule has 0 aliphatic heterocycles. The molecule has 3 atom stereocenters. The lowest BCUT2D eigenvalue weighted by molar-refractivity contribution is -0.123. The molecule has 2 amide bonds. The van der Waals surface area contributed by atoms with Gasteiger partial charge in [0.1, 0.15) is 0 Å². The van der Waals surface area contributed by atoms with E-state index >= 15 is 0 Å². The van der Waals surface area contributed by atoms with E-state index in [-0.39, 0.29) is 36.3 Å². The molecule has 1 aliphatic rings. The highest BCUT2D eigenvalue weighted by Crippen LogP contribution is 2.37. The van der Waals surface area contributed by atoms with E-state index < -0.39 is 0 Å². The van der Waals surface area contributed by atoms with E-state index in [0.29, 0.717) is 25.3 Å². The lowest BCUT2D eigenvalue weighted by Gasteiger charge is -2.21. The molecule has 5 heteroatoms. The van der Waals surface area contributed by atoms with Gasteiger partial charge in [-0.25, -0.2) is 0 Å². The minimum atomic E-state index is -0.0729. The maximum atomic E-state index is 11.7. The second-order valence-corrected chi connectivity index (χ2v) is 5.79. The summed E-state index contributed by atoms with van der Waals surface area (Å²) in [7, 11) is 0. The number of hydrogen-bond acceptors (Lipinski definition) is 3. The Morgan fingerprint density at radius 2 is 2.00 bits per heavy atom. The third-order valence-corrected chi connectivity index (χ3v) is 3.69. The van der Waals surface area contributed by atoms with E-state index in [0.717, 1.165) is 6.42 Å². The van der Waals surface area contributed by atoms with Crippen LogP contribution < -0.4 is 10.6 Å². The normalized spacial score (nSPS) is 23.0. The molecule has 0 saturated heterocycles. The van der Waals surface area contributed by atoms with Gasteiger partial charge in [-0.15, -0.1) is 0 Å². The highest BCUT2D eigenvalue weighted by molar-refractivity contribution is 5.82. The summed E-state index contributed by atoms with van der Waals surface area (Å²) in [6, 6.07) is -0.00310. The van der Waals surface area contributed by atoms with Gasteiger partial charge < -0.3 is 15.7 Å². The number of aliphatic hydroxyl groups excluding tert-OH is 1. The summed E-state index contributed by atoms with van der Waals surface area (Å²) < 4.78 is 0. The van der Waals surface area contributed by atoms with Gasteiger partial charge in [0.25, 0.3) is 0 Å². The van der Waals surface area contributed by atoms with Crippen molar-refractivity contribution in [1.82, 2.24) is 10.6 Å². The summed E-state index contributed by atoms with van der Waals surface area (Å²) >= 11 is 0. The minimum absolute atomic E-state index is 0.00310. The second kappa shape index (κ2) is 7.48. The van der Waals surface area contributed by atoms with Crippen molar-refractivity contribution >= 4 is 11.8 Å². The lowest BCUT2D eigenvalue weighted by atomic mass is 10.0. The fourth-order valence-corrected chi connectivity index (χ4v) is 2.11. The molecule has 0 heterocycles. The first kappa shape index (κ1) is 16.0. The molecule has 0 bridgehead atoms. The van der Waals surface area contributed by atoms with Gasteiger partial charge >= 0.3 is 0 Å². The van der Waals surface area contributed by atoms with Crippen LogP contribution in [0.4, 0.5) is 0 Å². The van der Waals surface area contributed by atoms with Gasteiger partial charge in [0.15, 0.2) is 0 Å². The molecule has 0 aromatic carbocycles. The number of aliphatic hydroxyl groups is 1. The largest absolute Gasteiger partial charge is 0.396 e. The molecule has 1 saturated carbocycles. The predicted octanol–water partition coefficient (Wildman–Crippen LogP) is 0.672. The third kappa shape index (κ3) is 5.59. The van der Waals surface area contributed by atoms with Crippen LogP contribution in [0.1, 0.15) is 40.0 Å². The van der Waals surface area contributed by atoms with Crippen molar-refractivity contribution in [2.75, 3.05) is 13.2 Å². The molecular formula is C14H26N2O3. The predicted molar refractivity (Wildman–Crippen MR) is 73.4 cm³/mol. The van der Waals surface area contributed by atoms with Crippen molar-refractivity contribution in [1.29, 1.82) is 0 Å². The highest BCUT2D eigenvalue weighted by atomic mass is 16.3. The maximum absolute atomic E-state index is 11.7. The smallest absolute Gasteiger partial charge is 0.223 e. The number of carbonyl (C=O) groups is 2. The first-order valence-corrected chi connectivity index (χ1v) is 7.13. The van der Waals surface area contributed by atoms with Gasteiger partial charge in [0.2, 0.25) is 11.8 Å². The fraction of sp³-hybridized carbons (Fsp3) is 0.857. The summed E-state index contributed by atoms with van der Waals surface area (Å²) in [5.41, 5.74) is 0. The zero-order chi connectivity index (χ0) is 14.4. The minimum Gasteiger partial charge on any atom is -0.396 e. The lowest BCUT2D eigenvalue weighted by Crippen LogP contribution is -2.40. The van der Waals surface area contributed by atoms with Crippen molar-refractivity contribution in [3.63, 3.8) is 0 Å². The molecule has 3 N–H and O–H groups in total. The van der Waals surface area contributed by atoms with E-state index in [1.165, 1.54) is 0 Å². The third-order valence-electron chi connectivity index (χ3n) is 3.69. The van der Waals surface area contributed by atoms with Gasteiger partial charge in [-0.3, -0.25) is 9.59 Å². The molecule has 1 rings (SSSR count). The van der Waals surface area contributed by atoms with Crippen molar-refractivity contribution in [3.05, 3.63) is 0 Å². The number of carbonyl (C=O) groups excluding carboxylic acids is 2. The van der Waals surface area contributed by atoms with Gasteiger partial charge in [-0.05, 0) is 24.7 Å². The number of nitrogens with one attached hydrogen (secondary N) is 2. The van der Waals surface area contributed by atoms with Crippen molar-refractivity contribution in [2.24, 2.45) is 17.8 Å². The van der Waals surface area contributed by atoms with Crippen LogP contribution in [-0.2, 0) is 9.59 Å². The Labute approximate surface area is 115 Å². The Morgan fingerprint density at radius 3 is 2.47 bits per heavy atom. The van der Waals surface area contributed by atoms with Crippen LogP contribution >= 0.6 is 0 Å². The van der Waals surface area contributed by atoms with Gasteiger partial charge in [0.05, 0.1) is 0 Å². The van der Waals surface area contributed by atoms with Gasteiger partial charge in [-0.2, -0.15) is 0 Å². The zero-order valence-electron chi connectivity index (χ0n) is 12.1. The SMILES string of the molecule is CC(C)C(CCO)NC(=O)CCNC(=O)C1CC1C. The molecule has 5 nitrogen and oxygen atoms in total. The summed E-state index contributed by atoms with van der Waals surface area (Å²) in [5.74, 6) is 0.926. The Kier molecular flexibility index (Phi) is 6.28. The van der Waals surface area contributed by atoms with Crippen molar-refractivity contribution in [3.8, 4) is 0 Å². The van der Waals surface area contributed by atoms with Crippen LogP contribution in [0.25, 0.3) is 0 Å². The number of rotatable bonds is 8. The van der Waals surface area contributed by atoms with Crippen LogP contribution in [-0.4, -0.2) is 36.1 Å². The molecule has 3 unspecified atom stereocenters. The average Bonchev–Trinajstić information content (AvgIpc) is 3.05. The summed E-state index contributed by atoms with van der Waals surface area (Å²) in [6.07, 6.45) is 1.82. The molecule has 19 heavy (non-hydrogen) atoms. The van der Waals surface area contributed by atoms with Crippen LogP contribution in [0.5, 0.6) is 0 Å². The Hall–Kier alpha value is -1.10. The number of hydrogen-bond donors (Lipinski definition) is 3. The highest BCUT2D eigenvalue weighted by Gasteiger charge is 2.38. The molecular weight excluding hydrogens is 244 g/mol. The summed E-state index contributed by atoms with van der Waals surface area (Å²) in [4.78, 5) is 23.3. The first-order chi connectivity index (χ1) is 8.95. The van der Waals surface area contributed by atoms with Gasteiger partial charge in [-0.1, -0.05) is 20.8 Å². The monoisotopic (exact) mass is 270 g/mol. The molecule has 1 fully saturated rings. The zero-order valence-corrected chi connectivity index (χ0v) is 12.1. The Balaban J connectivity index is 2.17. The average molecular weight is 270 g/mol. The molecule has 0 aromatic heterocycles. The number of amides is 2. The van der Waals surface area contributed by atoms with E-state index in [2.05, 4.69) is 17.6 Å². The Morgan fingerprint density at radius 1 is 1.37 bits per heavy atom. The van der Waals surface area contributed by atoms with E-state index in [9.17, 15) is 9.59 Å². The fourth-order valence-electron chi connectivity index (χ4n) is 2.11. The van der Waals surface area contributed by atoms with Crippen LogP contribution in [0, 0.1) is 17.8 Å².